The van der Waals surface area contributed by atoms with Gasteiger partial charge in [-0.1, -0.05) is 0 Å². The van der Waals surface area contributed by atoms with Crippen LogP contribution in [0.25, 0.3) is 16.9 Å². The van der Waals surface area contributed by atoms with Crippen molar-refractivity contribution in [1.82, 2.24) is 9.78 Å². The minimum atomic E-state index is -1.06. The van der Waals surface area contributed by atoms with Crippen molar-refractivity contribution in [2.24, 2.45) is 0 Å². The van der Waals surface area contributed by atoms with Gasteiger partial charge in [-0.3, -0.25) is 0 Å². The number of aromatic nitrogens is 2. The first kappa shape index (κ1) is 15.7. The van der Waals surface area contributed by atoms with Gasteiger partial charge in [0.15, 0.2) is 4.90 Å². The first-order valence-corrected chi connectivity index (χ1v) is 8.49. The molecule has 118 valence electrons. The fourth-order valence-electron chi connectivity index (χ4n) is 2.30. The van der Waals surface area contributed by atoms with Crippen LogP contribution in [0.1, 0.15) is 5.69 Å². The molecular formula is C17H14F2N2OS. The zero-order valence-electron chi connectivity index (χ0n) is 12.4. The Morgan fingerprint density at radius 3 is 2.30 bits per heavy atom. The second-order valence-corrected chi connectivity index (χ2v) is 6.40. The number of alkyl halides is 1. The molecule has 23 heavy (non-hydrogen) atoms. The van der Waals surface area contributed by atoms with Crippen molar-refractivity contribution in [1.29, 1.82) is 0 Å². The Morgan fingerprint density at radius 2 is 1.74 bits per heavy atom. The summed E-state index contributed by atoms with van der Waals surface area (Å²) in [6.45, 7) is -0.682. The highest BCUT2D eigenvalue weighted by Gasteiger charge is 2.13. The number of halogens is 2. The van der Waals surface area contributed by atoms with Gasteiger partial charge in [0.05, 0.1) is 17.1 Å². The van der Waals surface area contributed by atoms with Crippen molar-refractivity contribution in [3.05, 3.63) is 66.1 Å². The van der Waals surface area contributed by atoms with Crippen LogP contribution in [0.5, 0.6) is 0 Å². The fraction of sp³-hybridized carbons (Fsp3) is 0.118. The van der Waals surface area contributed by atoms with E-state index in [0.717, 1.165) is 5.56 Å². The predicted molar refractivity (Wildman–Crippen MR) is 86.1 cm³/mol. The Labute approximate surface area is 135 Å². The average molecular weight is 332 g/mol. The molecule has 1 atom stereocenters. The lowest BCUT2D eigenvalue weighted by Crippen LogP contribution is -2.00. The molecule has 0 saturated carbocycles. The average Bonchev–Trinajstić information content (AvgIpc) is 3.00. The zero-order chi connectivity index (χ0) is 16.4. The van der Waals surface area contributed by atoms with Gasteiger partial charge in [-0.15, -0.1) is 0 Å². The Kier molecular flexibility index (Phi) is 4.45. The molecule has 2 aromatic carbocycles. The van der Waals surface area contributed by atoms with Crippen molar-refractivity contribution < 1.29 is 13.3 Å². The van der Waals surface area contributed by atoms with Crippen molar-refractivity contribution in [3.63, 3.8) is 0 Å². The lowest BCUT2D eigenvalue weighted by atomic mass is 10.1. The van der Waals surface area contributed by atoms with E-state index in [0.29, 0.717) is 22.0 Å². The lowest BCUT2D eigenvalue weighted by Gasteiger charge is -2.09. The first-order chi connectivity index (χ1) is 11.1. The quantitative estimate of drug-likeness (QED) is 0.680. The summed E-state index contributed by atoms with van der Waals surface area (Å²) >= 11 is -1.06. The van der Waals surface area contributed by atoms with Crippen molar-refractivity contribution >= 4 is 11.2 Å². The van der Waals surface area contributed by atoms with Crippen molar-refractivity contribution in [2.45, 2.75) is 11.6 Å². The number of benzene rings is 2. The molecule has 0 aliphatic heterocycles. The van der Waals surface area contributed by atoms with Crippen LogP contribution in [0.2, 0.25) is 0 Å². The summed E-state index contributed by atoms with van der Waals surface area (Å²) in [6, 6.07) is 14.7. The first-order valence-electron chi connectivity index (χ1n) is 6.93. The van der Waals surface area contributed by atoms with Gasteiger partial charge in [0.2, 0.25) is 0 Å². The van der Waals surface area contributed by atoms with Gasteiger partial charge in [0.1, 0.15) is 18.7 Å². The summed E-state index contributed by atoms with van der Waals surface area (Å²) in [5, 5.41) is 4.22. The van der Waals surface area contributed by atoms with E-state index in [1.165, 1.54) is 12.1 Å². The molecule has 0 aliphatic rings. The molecule has 0 spiro atoms. The maximum atomic E-state index is 13.1. The van der Waals surface area contributed by atoms with Crippen LogP contribution >= 0.6 is 0 Å². The molecule has 0 bridgehead atoms. The Hall–Kier alpha value is -2.18. The van der Waals surface area contributed by atoms with Gasteiger partial charge >= 0.3 is 0 Å². The third kappa shape index (κ3) is 3.28. The van der Waals surface area contributed by atoms with E-state index in [-0.39, 0.29) is 5.82 Å². The number of hydrogen-bond acceptors (Lipinski definition) is 2. The van der Waals surface area contributed by atoms with Crippen LogP contribution in [0, 0.1) is 5.82 Å². The van der Waals surface area contributed by atoms with Crippen LogP contribution in [0.3, 0.4) is 0 Å². The van der Waals surface area contributed by atoms with Gasteiger partial charge in [0, 0.05) is 5.56 Å². The largest absolute Gasteiger partial charge is 0.612 e. The maximum Gasteiger partial charge on any atom is 0.152 e. The van der Waals surface area contributed by atoms with Crippen LogP contribution in [0.15, 0.2) is 59.5 Å². The fourth-order valence-corrected chi connectivity index (χ4v) is 2.82. The summed E-state index contributed by atoms with van der Waals surface area (Å²) in [4.78, 5) is 0.715. The Bertz CT molecular complexity index is 798. The molecule has 6 heteroatoms. The highest BCUT2D eigenvalue weighted by molar-refractivity contribution is 7.90. The molecular weight excluding hydrogens is 318 g/mol. The third-order valence-corrected chi connectivity index (χ3v) is 4.39. The van der Waals surface area contributed by atoms with E-state index in [1.54, 1.807) is 41.3 Å². The number of nitrogens with zero attached hydrogens (tertiary/aromatic N) is 2. The number of hydrogen-bond donors (Lipinski definition) is 0. The molecule has 0 amide bonds. The third-order valence-electron chi connectivity index (χ3n) is 3.45. The van der Waals surface area contributed by atoms with E-state index in [9.17, 15) is 13.3 Å². The van der Waals surface area contributed by atoms with Crippen molar-refractivity contribution in [2.75, 3.05) is 6.26 Å². The topological polar surface area (TPSA) is 40.9 Å². The Morgan fingerprint density at radius 1 is 1.09 bits per heavy atom. The molecule has 1 unspecified atom stereocenters. The minimum absolute atomic E-state index is 0.299. The monoisotopic (exact) mass is 332 g/mol. The smallest absolute Gasteiger partial charge is 0.152 e. The van der Waals surface area contributed by atoms with Crippen LogP contribution in [0.4, 0.5) is 8.78 Å². The second kappa shape index (κ2) is 6.52. The molecule has 0 radical (unpaired) electrons. The second-order valence-electron chi connectivity index (χ2n) is 5.02. The summed E-state index contributed by atoms with van der Waals surface area (Å²) in [7, 11) is 0. The highest BCUT2D eigenvalue weighted by atomic mass is 32.2. The lowest BCUT2D eigenvalue weighted by molar-refractivity contribution is 0.473. The summed E-state index contributed by atoms with van der Waals surface area (Å²) in [6.07, 6.45) is 1.61. The Balaban J connectivity index is 2.07. The van der Waals surface area contributed by atoms with Crippen LogP contribution < -0.4 is 0 Å². The van der Waals surface area contributed by atoms with Gasteiger partial charge in [0.25, 0.3) is 0 Å². The zero-order valence-corrected chi connectivity index (χ0v) is 13.2. The normalized spacial score (nSPS) is 12.3. The van der Waals surface area contributed by atoms with E-state index in [1.807, 2.05) is 12.1 Å². The van der Waals surface area contributed by atoms with Gasteiger partial charge in [-0.2, -0.15) is 5.10 Å². The van der Waals surface area contributed by atoms with E-state index < -0.39 is 17.9 Å². The van der Waals surface area contributed by atoms with Gasteiger partial charge in [-0.05, 0) is 65.8 Å². The molecule has 1 heterocycles. The maximum absolute atomic E-state index is 13.1. The summed E-state index contributed by atoms with van der Waals surface area (Å²) in [5.74, 6) is -0.344. The van der Waals surface area contributed by atoms with Crippen LogP contribution in [-0.4, -0.2) is 20.6 Å². The predicted octanol–water partition coefficient (Wildman–Crippen LogP) is 3.89. The molecule has 0 N–H and O–H groups in total. The molecule has 1 aromatic heterocycles. The van der Waals surface area contributed by atoms with Crippen molar-refractivity contribution in [3.8, 4) is 16.9 Å². The van der Waals surface area contributed by atoms with Crippen LogP contribution in [-0.2, 0) is 17.9 Å². The molecule has 3 aromatic rings. The molecule has 0 fully saturated rings. The summed E-state index contributed by atoms with van der Waals surface area (Å²) in [5.41, 5.74) is 2.45. The molecule has 3 nitrogen and oxygen atoms in total. The van der Waals surface area contributed by atoms with E-state index in [2.05, 4.69) is 5.10 Å². The van der Waals surface area contributed by atoms with Gasteiger partial charge < -0.3 is 4.55 Å². The van der Waals surface area contributed by atoms with E-state index in [4.69, 9.17) is 0 Å². The molecule has 0 saturated heterocycles. The minimum Gasteiger partial charge on any atom is -0.612 e. The molecule has 0 aliphatic carbocycles. The SMILES string of the molecule is C[S+]([O-])c1ccc(-c2cc(CF)nn2-c2ccc(F)cc2)cc1. The number of rotatable bonds is 4. The summed E-state index contributed by atoms with van der Waals surface area (Å²) < 4.78 is 39.2. The highest BCUT2D eigenvalue weighted by Crippen LogP contribution is 2.26. The molecule has 3 rings (SSSR count). The van der Waals surface area contributed by atoms with Gasteiger partial charge in [-0.25, -0.2) is 13.5 Å². The van der Waals surface area contributed by atoms with E-state index >= 15 is 0 Å². The standard InChI is InChI=1S/C17H14F2N2OS/c1-23(22)16-8-2-12(3-9-16)17-10-14(11-18)20-21(17)15-6-4-13(19)5-7-15/h2-10H,11H2,1H3.